The minimum Gasteiger partial charge on any atom is -0.395 e. The van der Waals surface area contributed by atoms with Gasteiger partial charge in [-0.05, 0) is 208 Å². The molecule has 17 rings (SSSR count). The number of benzene rings is 8. The van der Waals surface area contributed by atoms with Crippen LogP contribution in [0.15, 0.2) is 259 Å². The number of nitrogens with zero attached hydrogens (tertiary/aromatic N) is 12. The van der Waals surface area contributed by atoms with E-state index in [-0.39, 0.29) is 103 Å². The number of fused-ring (bicyclic) bond motifs is 4. The predicted octanol–water partition coefficient (Wildman–Crippen LogP) is 13.9. The summed E-state index contributed by atoms with van der Waals surface area (Å²) in [4.78, 5) is 85.2. The first-order valence-corrected chi connectivity index (χ1v) is 47.1. The predicted molar refractivity (Wildman–Crippen MR) is 512 cm³/mol. The molecule has 0 radical (unpaired) electrons. The number of aliphatic hydroxyl groups excluding tert-OH is 6. The number of nitrogens with one attached hydrogen (secondary N) is 2. The Labute approximate surface area is 808 Å². The molecule has 2 unspecified atom stereocenters. The quantitative estimate of drug-likeness (QED) is 0.0138. The number of pyridine rings is 4. The third kappa shape index (κ3) is 24.5. The van der Waals surface area contributed by atoms with Crippen LogP contribution in [0.25, 0.3) is 101 Å². The molecule has 0 spiro atoms. The number of aryl methyl sites for hydroxylation is 4. The highest BCUT2D eigenvalue weighted by molar-refractivity contribution is 7.98. The number of halogens is 12. The van der Waals surface area contributed by atoms with Gasteiger partial charge in [0, 0.05) is 74.7 Å². The third-order valence-corrected chi connectivity index (χ3v) is 23.8. The number of hydrogen-bond donors (Lipinski definition) is 10. The van der Waals surface area contributed by atoms with Gasteiger partial charge < -0.3 is 47.0 Å². The van der Waals surface area contributed by atoms with Crippen LogP contribution in [0.3, 0.4) is 0 Å². The van der Waals surface area contributed by atoms with Crippen LogP contribution in [-0.2, 0) is 20.0 Å². The van der Waals surface area contributed by atoms with Gasteiger partial charge >= 0.3 is 0 Å². The van der Waals surface area contributed by atoms with Crippen LogP contribution in [0.1, 0.15) is 40.8 Å². The second-order valence-corrected chi connectivity index (χ2v) is 35.9. The summed E-state index contributed by atoms with van der Waals surface area (Å²) >= 11 is 1.24. The van der Waals surface area contributed by atoms with Gasteiger partial charge in [0.1, 0.15) is 92.6 Å². The number of aromatic nitrogens is 12. The van der Waals surface area contributed by atoms with Crippen LogP contribution in [0.4, 0.5) is 64.6 Å². The molecule has 11 N–H and O–H groups in total. The lowest BCUT2D eigenvalue weighted by atomic mass is 9.85. The van der Waals surface area contributed by atoms with E-state index in [9.17, 15) is 109 Å². The number of hydrogen-bond acceptors (Lipinski definition) is 26. The van der Waals surface area contributed by atoms with Crippen LogP contribution in [0, 0.1) is 97.6 Å². The van der Waals surface area contributed by atoms with E-state index in [2.05, 4.69) is 50.5 Å². The number of anilines is 2. The van der Waals surface area contributed by atoms with E-state index in [1.165, 1.54) is 133 Å². The van der Waals surface area contributed by atoms with Gasteiger partial charge in [0.05, 0.1) is 85.4 Å². The van der Waals surface area contributed by atoms with Crippen molar-refractivity contribution in [3.05, 3.63) is 358 Å². The highest BCUT2D eigenvalue weighted by atomic mass is 32.2. The average Bonchev–Trinajstić information content (AvgIpc) is 0.832. The summed E-state index contributed by atoms with van der Waals surface area (Å²) in [5.74, 6) is -10.1. The molecule has 16 aromatic rings. The van der Waals surface area contributed by atoms with E-state index in [0.29, 0.717) is 54.2 Å². The molecular weight excluding hydrogens is 1950 g/mol. The molecule has 143 heavy (non-hydrogen) atoms. The Morgan fingerprint density at radius 3 is 1.02 bits per heavy atom. The molecule has 8 aromatic heterocycles. The molecule has 0 saturated heterocycles. The molecule has 0 fully saturated rings. The topological polar surface area (TPSA) is 451 Å². The second-order valence-electron chi connectivity index (χ2n) is 31.8. The average molecular weight is 2040 g/mol. The fourth-order valence-electron chi connectivity index (χ4n) is 14.6. The lowest BCUT2D eigenvalue weighted by molar-refractivity contribution is 0.194. The molecule has 0 bridgehead atoms. The van der Waals surface area contributed by atoms with Crippen molar-refractivity contribution >= 4 is 87.7 Å². The first kappa shape index (κ1) is 107. The summed E-state index contributed by atoms with van der Waals surface area (Å²) in [6, 6.07) is 38.9. The number of aliphatic hydroxyl groups is 6. The summed E-state index contributed by atoms with van der Waals surface area (Å²) in [6.07, 6.45) is 7.18. The van der Waals surface area contributed by atoms with Gasteiger partial charge in [-0.25, -0.2) is 86.0 Å². The molecule has 0 saturated carbocycles. The standard InChI is InChI=1S/2C23H19F3N4O3.C21H14F3N3O3S.C21H16F3N3OS.C7H8O3S.C3H9NO2/c2*1-12-9-13(24)5-6-15(12)20-16-7-8-19(33)30(21-17(25)3-2-4-18(21)26)22(16)29-23(28-20)27-14(10-31)11-32;1-11-10-12(22)6-7-13(11)18-14-8-9-17(28)27(19-15(23)4-3-5-16(19)24)20(14)26-21(25-18)31(2,29)30;1-11-10-12(22)6-7-13(11)18-14-8-9-17(28)27(20(14)26-21(25-18)29-2)19-15(23)4-3-5-16(19)24;1-6-2-4-7(5-3-6)11(8,9)10;4-3(1-5)2-6/h2*2-9,14,31-32H,10-11H2,1H3,(H,27,28,29);3-10H,1-2H3;3-11,13H,1-2H3;2-5H,1H3,(H,8,9,10);3,5-6H,1-2,4H2. The van der Waals surface area contributed by atoms with Gasteiger partial charge in [-0.1, -0.05) is 66.7 Å². The Balaban J connectivity index is 0.000000161. The molecule has 1 aliphatic rings. The monoisotopic (exact) mass is 2040 g/mol. The van der Waals surface area contributed by atoms with Crippen molar-refractivity contribution < 1.29 is 105 Å². The number of sulfone groups is 1. The van der Waals surface area contributed by atoms with Crippen molar-refractivity contribution in [3.63, 3.8) is 0 Å². The summed E-state index contributed by atoms with van der Waals surface area (Å²) in [6.45, 7) is 6.52. The van der Waals surface area contributed by atoms with Gasteiger partial charge in [-0.15, -0.1) is 0 Å². The van der Waals surface area contributed by atoms with Gasteiger partial charge in [0.15, 0.2) is 27.7 Å². The molecule has 30 nitrogen and oxygen atoms in total. The Hall–Kier alpha value is -14.9. The SMILES string of the molecule is CSc1nc(C2C=CC(F)=CC2C)c2ccc(=O)n(-c3c(F)cccc3F)c2n1.Cc1cc(F)ccc1-c1nc(NC(CO)CO)nc2c1ccc(=O)n2-c1c(F)cccc1F.Cc1cc(F)ccc1-c1nc(NC(CO)CO)nc2c1ccc(=O)n2-c1c(F)cccc1F.Cc1cc(F)ccc1-c1nc(S(C)(=O)=O)nc2c1ccc(=O)n2-c1c(F)cccc1F.Cc1ccc(S(=O)(=O)O)cc1.NC(CO)CO. The Morgan fingerprint density at radius 1 is 0.406 bits per heavy atom. The molecular formula is C98H85F12N15O15S3. The van der Waals surface area contributed by atoms with Gasteiger partial charge in [-0.2, -0.15) is 23.4 Å². The maximum absolute atomic E-state index is 14.6. The highest BCUT2D eigenvalue weighted by Gasteiger charge is 2.31. The largest absolute Gasteiger partial charge is 0.395 e. The molecule has 8 aromatic carbocycles. The van der Waals surface area contributed by atoms with E-state index >= 15 is 0 Å². The van der Waals surface area contributed by atoms with Crippen LogP contribution >= 0.6 is 11.8 Å². The molecule has 8 heterocycles. The molecule has 0 amide bonds. The van der Waals surface area contributed by atoms with Crippen molar-refractivity contribution in [2.45, 2.75) is 73.9 Å². The van der Waals surface area contributed by atoms with E-state index in [0.717, 1.165) is 98.3 Å². The van der Waals surface area contributed by atoms with Crippen LogP contribution in [0.2, 0.25) is 0 Å². The lowest BCUT2D eigenvalue weighted by Crippen LogP contribution is -2.29. The van der Waals surface area contributed by atoms with E-state index < -0.39 is 179 Å². The molecule has 0 aliphatic heterocycles. The number of allylic oxidation sites excluding steroid dienone is 4. The Bertz CT molecular complexity index is 7810. The highest BCUT2D eigenvalue weighted by Crippen LogP contribution is 2.40. The normalized spacial score (nSPS) is 12.9. The minimum atomic E-state index is -4.02. The molecule has 2 atom stereocenters. The van der Waals surface area contributed by atoms with Crippen molar-refractivity contribution in [2.24, 2.45) is 11.7 Å². The minimum absolute atomic E-state index is 0.0666. The van der Waals surface area contributed by atoms with Gasteiger partial charge in [0.25, 0.3) is 32.4 Å². The van der Waals surface area contributed by atoms with E-state index in [1.807, 2.05) is 13.8 Å². The van der Waals surface area contributed by atoms with Crippen molar-refractivity contribution in [1.29, 1.82) is 0 Å². The maximum atomic E-state index is 14.6. The van der Waals surface area contributed by atoms with Crippen molar-refractivity contribution in [3.8, 4) is 56.5 Å². The van der Waals surface area contributed by atoms with Crippen LogP contribution < -0.4 is 38.6 Å². The Kier molecular flexibility index (Phi) is 34.6. The molecule has 45 heteroatoms. The summed E-state index contributed by atoms with van der Waals surface area (Å²) in [5, 5.41) is 60.2. The zero-order chi connectivity index (χ0) is 104. The summed E-state index contributed by atoms with van der Waals surface area (Å²) in [7, 11) is -8.00. The summed E-state index contributed by atoms with van der Waals surface area (Å²) < 4.78 is 228. The fourth-order valence-corrected chi connectivity index (χ4v) is 16.0. The molecule has 744 valence electrons. The number of thioether (sulfide) groups is 1. The zero-order valence-electron chi connectivity index (χ0n) is 76.0. The molecule has 1 aliphatic carbocycles. The lowest BCUT2D eigenvalue weighted by Gasteiger charge is -2.23. The second kappa shape index (κ2) is 46.2. The van der Waals surface area contributed by atoms with Crippen molar-refractivity contribution in [2.75, 3.05) is 62.8 Å². The third-order valence-electron chi connectivity index (χ3n) is 21.6. The number of nitrogens with two attached hydrogens (primary N) is 1. The van der Waals surface area contributed by atoms with E-state index in [1.54, 1.807) is 51.3 Å². The van der Waals surface area contributed by atoms with Crippen LogP contribution in [0.5, 0.6) is 0 Å². The van der Waals surface area contributed by atoms with Crippen LogP contribution in [-0.4, -0.2) is 180 Å². The first-order chi connectivity index (χ1) is 67.9. The first-order valence-electron chi connectivity index (χ1n) is 42.6. The van der Waals surface area contributed by atoms with Gasteiger partial charge in [-0.3, -0.25) is 42.0 Å². The van der Waals surface area contributed by atoms with Crippen molar-refractivity contribution in [1.82, 2.24) is 58.1 Å². The smallest absolute Gasteiger partial charge is 0.294 e. The fraction of sp³-hybridized carbons (Fsp3) is 0.184. The number of para-hydroxylation sites is 4. The van der Waals surface area contributed by atoms with E-state index in [4.69, 9.17) is 20.5 Å². The number of rotatable bonds is 21. The maximum Gasteiger partial charge on any atom is 0.294 e. The Morgan fingerprint density at radius 2 is 0.727 bits per heavy atom. The van der Waals surface area contributed by atoms with Gasteiger partial charge in [0.2, 0.25) is 26.9 Å². The zero-order valence-corrected chi connectivity index (χ0v) is 78.5. The summed E-state index contributed by atoms with van der Waals surface area (Å²) in [5.41, 5.74) is 4.21.